The van der Waals surface area contributed by atoms with E-state index in [-0.39, 0.29) is 0 Å². The lowest BCUT2D eigenvalue weighted by atomic mass is 9.93. The quantitative estimate of drug-likeness (QED) is 0.239. The van der Waals surface area contributed by atoms with E-state index in [2.05, 4.69) is 96.3 Å². The van der Waals surface area contributed by atoms with Crippen molar-refractivity contribution in [2.75, 3.05) is 0 Å². The SMILES string of the molecule is CCCCC(CC)C[n+]1ccc(-c2cc[n+](Cc3ccc([B]P=S)cc3)cc2)cc1. The second-order valence-corrected chi connectivity index (χ2v) is 9.04. The summed E-state index contributed by atoms with van der Waals surface area (Å²) in [6, 6.07) is 17.5. The lowest BCUT2D eigenvalue weighted by Crippen LogP contribution is -2.36. The summed E-state index contributed by atoms with van der Waals surface area (Å²) >= 11 is 4.98. The predicted molar refractivity (Wildman–Crippen MR) is 131 cm³/mol. The van der Waals surface area contributed by atoms with Gasteiger partial charge in [-0.2, -0.15) is 0 Å². The van der Waals surface area contributed by atoms with E-state index >= 15 is 0 Å². The Hall–Kier alpha value is -1.90. The first-order valence-corrected chi connectivity index (χ1v) is 12.9. The van der Waals surface area contributed by atoms with Gasteiger partial charge in [0.25, 0.3) is 0 Å². The van der Waals surface area contributed by atoms with Gasteiger partial charge in [-0.3, -0.25) is 0 Å². The zero-order valence-electron chi connectivity index (χ0n) is 18.1. The summed E-state index contributed by atoms with van der Waals surface area (Å²) in [5.41, 5.74) is 5.00. The van der Waals surface area contributed by atoms with E-state index in [1.165, 1.54) is 47.8 Å². The molecule has 2 aromatic heterocycles. The minimum Gasteiger partial charge on any atom is -0.205 e. The number of hydrogen-bond donors (Lipinski definition) is 0. The first kappa shape index (κ1) is 22.8. The lowest BCUT2D eigenvalue weighted by molar-refractivity contribution is -0.703. The van der Waals surface area contributed by atoms with E-state index in [4.69, 9.17) is 11.8 Å². The van der Waals surface area contributed by atoms with Crippen molar-refractivity contribution in [2.24, 2.45) is 5.92 Å². The number of benzene rings is 1. The van der Waals surface area contributed by atoms with E-state index in [1.807, 2.05) is 7.00 Å². The van der Waals surface area contributed by atoms with Crippen LogP contribution < -0.4 is 14.6 Å². The highest BCUT2D eigenvalue weighted by Gasteiger charge is 2.12. The molecule has 0 bridgehead atoms. The van der Waals surface area contributed by atoms with Crippen LogP contribution in [-0.4, -0.2) is 7.00 Å². The van der Waals surface area contributed by atoms with E-state index in [0.717, 1.165) is 26.2 Å². The maximum absolute atomic E-state index is 4.98. The number of unbranched alkanes of at least 4 members (excludes halogenated alkanes) is 1. The molecule has 1 atom stereocenters. The van der Waals surface area contributed by atoms with Crippen LogP contribution in [0.25, 0.3) is 11.1 Å². The van der Waals surface area contributed by atoms with Crippen LogP contribution in [0.1, 0.15) is 45.1 Å². The molecule has 1 aromatic carbocycles. The Morgan fingerprint density at radius 1 is 0.867 bits per heavy atom. The first-order chi connectivity index (χ1) is 14.7. The fourth-order valence-electron chi connectivity index (χ4n) is 3.72. The van der Waals surface area contributed by atoms with E-state index in [9.17, 15) is 0 Å². The molecule has 30 heavy (non-hydrogen) atoms. The van der Waals surface area contributed by atoms with Crippen molar-refractivity contribution in [1.29, 1.82) is 0 Å². The van der Waals surface area contributed by atoms with Crippen LogP contribution in [0.15, 0.2) is 73.3 Å². The van der Waals surface area contributed by atoms with E-state index in [1.54, 1.807) is 0 Å². The largest absolute Gasteiger partial charge is 0.236 e. The molecule has 0 aliphatic rings. The van der Waals surface area contributed by atoms with Gasteiger partial charge in [-0.05, 0) is 24.0 Å². The highest BCUT2D eigenvalue weighted by Crippen LogP contribution is 2.17. The summed E-state index contributed by atoms with van der Waals surface area (Å²) in [5, 5.41) is 0. The van der Waals surface area contributed by atoms with Gasteiger partial charge in [0.05, 0.1) is 0 Å². The van der Waals surface area contributed by atoms with Crippen LogP contribution in [0.3, 0.4) is 0 Å². The van der Waals surface area contributed by atoms with Crippen molar-refractivity contribution in [3.05, 3.63) is 78.9 Å². The van der Waals surface area contributed by atoms with Crippen molar-refractivity contribution in [3.63, 3.8) is 0 Å². The monoisotopic (exact) mass is 433 g/mol. The smallest absolute Gasteiger partial charge is 0.205 e. The van der Waals surface area contributed by atoms with Gasteiger partial charge in [0.1, 0.15) is 0 Å². The molecule has 2 nitrogen and oxygen atoms in total. The normalized spacial score (nSPS) is 12.1. The van der Waals surface area contributed by atoms with Gasteiger partial charge in [0.2, 0.25) is 7.00 Å². The number of rotatable bonds is 11. The van der Waals surface area contributed by atoms with Gasteiger partial charge < -0.3 is 0 Å². The van der Waals surface area contributed by atoms with Crippen molar-refractivity contribution in [3.8, 4) is 11.1 Å². The average molecular weight is 433 g/mol. The predicted octanol–water partition coefficient (Wildman–Crippen LogP) is 4.85. The lowest BCUT2D eigenvalue weighted by Gasteiger charge is -2.10. The molecule has 0 saturated heterocycles. The summed E-state index contributed by atoms with van der Waals surface area (Å²) in [7, 11) is 0.881. The summed E-state index contributed by atoms with van der Waals surface area (Å²) in [4.78, 5) is 0. The van der Waals surface area contributed by atoms with Gasteiger partial charge in [0.15, 0.2) is 37.9 Å². The Bertz CT molecular complexity index is 911. The molecule has 0 saturated carbocycles. The topological polar surface area (TPSA) is 7.76 Å². The third-order valence-electron chi connectivity index (χ3n) is 5.67. The average Bonchev–Trinajstić information content (AvgIpc) is 2.79. The second kappa shape index (κ2) is 12.1. The minimum atomic E-state index is 0.777. The Morgan fingerprint density at radius 3 is 2.00 bits per heavy atom. The summed E-state index contributed by atoms with van der Waals surface area (Å²) in [6.07, 6.45) is 14.0. The Kier molecular flexibility index (Phi) is 9.17. The number of hydrogen-bond acceptors (Lipinski definition) is 1. The number of nitrogens with zero attached hydrogens (tertiary/aromatic N) is 2. The third-order valence-corrected chi connectivity index (χ3v) is 6.39. The maximum atomic E-state index is 4.98. The fraction of sp³-hybridized carbons (Fsp3) is 0.360. The summed E-state index contributed by atoms with van der Waals surface area (Å²) in [6.45, 7) is 8.61. The van der Waals surface area contributed by atoms with Gasteiger partial charge in [-0.1, -0.05) is 75.5 Å². The van der Waals surface area contributed by atoms with Crippen LogP contribution in [0.4, 0.5) is 0 Å². The molecule has 1 unspecified atom stereocenters. The van der Waals surface area contributed by atoms with Crippen LogP contribution in [0.5, 0.6) is 0 Å². The van der Waals surface area contributed by atoms with Crippen molar-refractivity contribution >= 4 is 31.5 Å². The van der Waals surface area contributed by atoms with Crippen molar-refractivity contribution in [1.82, 2.24) is 0 Å². The fourth-order valence-corrected chi connectivity index (χ4v) is 4.38. The molecule has 5 heteroatoms. The van der Waals surface area contributed by atoms with Crippen LogP contribution in [-0.2, 0) is 24.9 Å². The molecule has 0 spiro atoms. The second-order valence-electron chi connectivity index (χ2n) is 7.94. The molecule has 0 aliphatic carbocycles. The maximum Gasteiger partial charge on any atom is 0.236 e. The number of pyridine rings is 2. The Labute approximate surface area is 189 Å². The van der Waals surface area contributed by atoms with Gasteiger partial charge in [0, 0.05) is 35.7 Å². The molecule has 0 aliphatic heterocycles. The molecule has 0 N–H and O–H groups in total. The molecule has 3 aromatic rings. The molecular formula is C25H31BN2PS+2. The van der Waals surface area contributed by atoms with Crippen molar-refractivity contribution in [2.45, 2.75) is 52.6 Å². The Morgan fingerprint density at radius 2 is 1.47 bits per heavy atom. The molecular weight excluding hydrogens is 402 g/mol. The number of aromatic nitrogens is 2. The van der Waals surface area contributed by atoms with Crippen LogP contribution in [0, 0.1) is 5.92 Å². The van der Waals surface area contributed by atoms with E-state index < -0.39 is 0 Å². The zero-order chi connectivity index (χ0) is 21.2. The van der Waals surface area contributed by atoms with E-state index in [0.29, 0.717) is 0 Å². The molecule has 2 heterocycles. The molecule has 153 valence electrons. The van der Waals surface area contributed by atoms with Gasteiger partial charge >= 0.3 is 0 Å². The molecule has 1 radical (unpaired) electrons. The third kappa shape index (κ3) is 6.82. The van der Waals surface area contributed by atoms with Gasteiger partial charge in [-0.25, -0.2) is 9.13 Å². The Balaban J connectivity index is 1.60. The molecule has 0 amide bonds. The summed E-state index contributed by atoms with van der Waals surface area (Å²) in [5.74, 6) is 0.777. The molecule has 3 rings (SSSR count). The summed E-state index contributed by atoms with van der Waals surface area (Å²) < 4.78 is 4.55. The first-order valence-electron chi connectivity index (χ1n) is 10.9. The molecule has 0 fully saturated rings. The van der Waals surface area contributed by atoms with Crippen molar-refractivity contribution < 1.29 is 9.13 Å². The standard InChI is InChI=1S/C25H31BN2PS/c1-3-5-6-21(4-2)19-27-15-11-23(12-16-27)24-13-17-28(18-14-24)20-22-7-9-25(10-8-22)26-29-30/h7-18,21H,3-6,19-20H2,1-2H3/q+2. The van der Waals surface area contributed by atoms with Gasteiger partial charge in [-0.15, -0.1) is 0 Å². The van der Waals surface area contributed by atoms with Crippen LogP contribution in [0.2, 0.25) is 0 Å². The highest BCUT2D eigenvalue weighted by molar-refractivity contribution is 8.09. The highest BCUT2D eigenvalue weighted by atomic mass is 32.4. The van der Waals surface area contributed by atoms with Crippen LogP contribution >= 0.6 is 7.23 Å². The minimum absolute atomic E-state index is 0.777. The zero-order valence-corrected chi connectivity index (χ0v) is 19.8.